The number of fused-ring (bicyclic) bond motifs is 2. The summed E-state index contributed by atoms with van der Waals surface area (Å²) >= 11 is 3.30. The number of thioether (sulfide) groups is 1. The van der Waals surface area contributed by atoms with Crippen molar-refractivity contribution < 1.29 is 4.79 Å². The van der Waals surface area contributed by atoms with Gasteiger partial charge < -0.3 is 4.90 Å². The molecule has 0 saturated heterocycles. The Morgan fingerprint density at radius 1 is 1.41 bits per heavy atom. The molecule has 2 aromatic rings. The minimum absolute atomic E-state index is 0.00882. The monoisotopic (exact) mass is 333 g/mol. The number of hydrogen-bond donors (Lipinski definition) is 0. The summed E-state index contributed by atoms with van der Waals surface area (Å²) in [6, 6.07) is 2.09. The molecule has 2 aromatic heterocycles. The molecule has 22 heavy (non-hydrogen) atoms. The highest BCUT2D eigenvalue weighted by Crippen LogP contribution is 2.33. The van der Waals surface area contributed by atoms with E-state index in [-0.39, 0.29) is 23.1 Å². The van der Waals surface area contributed by atoms with Crippen LogP contribution in [-0.2, 0) is 13.0 Å². The van der Waals surface area contributed by atoms with Gasteiger partial charge in [0.1, 0.15) is 5.56 Å². The zero-order valence-electron chi connectivity index (χ0n) is 12.1. The zero-order chi connectivity index (χ0) is 15.3. The number of carbonyl (C=O) groups is 1. The summed E-state index contributed by atoms with van der Waals surface area (Å²) in [7, 11) is 0. The molecule has 2 aliphatic rings. The molecule has 4 rings (SSSR count). The second-order valence-electron chi connectivity index (χ2n) is 5.48. The largest absolute Gasteiger partial charge is 0.331 e. The van der Waals surface area contributed by atoms with Gasteiger partial charge in [0.2, 0.25) is 0 Å². The lowest BCUT2D eigenvalue weighted by atomic mass is 10.0. The van der Waals surface area contributed by atoms with Crippen molar-refractivity contribution in [3.05, 3.63) is 44.0 Å². The Morgan fingerprint density at radius 3 is 3.14 bits per heavy atom. The van der Waals surface area contributed by atoms with E-state index in [0.717, 1.165) is 12.2 Å². The molecular weight excluding hydrogens is 318 g/mol. The lowest BCUT2D eigenvalue weighted by molar-refractivity contribution is 0.0676. The maximum absolute atomic E-state index is 12.8. The smallest absolute Gasteiger partial charge is 0.267 e. The van der Waals surface area contributed by atoms with Gasteiger partial charge in [-0.3, -0.25) is 14.2 Å². The predicted molar refractivity (Wildman–Crippen MR) is 86.7 cm³/mol. The first-order valence-electron chi connectivity index (χ1n) is 7.26. The van der Waals surface area contributed by atoms with Gasteiger partial charge in [0.25, 0.3) is 11.5 Å². The van der Waals surface area contributed by atoms with Gasteiger partial charge >= 0.3 is 0 Å². The number of hydrogen-bond acceptors (Lipinski definition) is 5. The molecule has 0 aromatic carbocycles. The van der Waals surface area contributed by atoms with Crippen LogP contribution >= 0.6 is 23.1 Å². The van der Waals surface area contributed by atoms with Crippen molar-refractivity contribution in [3.8, 4) is 0 Å². The predicted octanol–water partition coefficient (Wildman–Crippen LogP) is 2.17. The van der Waals surface area contributed by atoms with E-state index in [1.165, 1.54) is 16.6 Å². The van der Waals surface area contributed by atoms with Crippen LogP contribution in [0.3, 0.4) is 0 Å². The molecule has 114 valence electrons. The van der Waals surface area contributed by atoms with Crippen LogP contribution in [0.25, 0.3) is 0 Å². The molecule has 1 unspecified atom stereocenters. The third kappa shape index (κ3) is 2.03. The molecule has 0 N–H and O–H groups in total. The highest BCUT2D eigenvalue weighted by Gasteiger charge is 2.31. The Labute approximate surface area is 136 Å². The van der Waals surface area contributed by atoms with E-state index >= 15 is 0 Å². The standard InChI is InChI=1S/C15H15N3O2S2/c1-9-10-3-6-21-12(10)2-4-17(9)13(19)11-8-16-15-18(14(11)20)5-7-22-15/h3,6,8-9H,2,4-5,7H2,1H3. The summed E-state index contributed by atoms with van der Waals surface area (Å²) in [5.74, 6) is 0.646. The molecule has 1 amide bonds. The van der Waals surface area contributed by atoms with Crippen LogP contribution < -0.4 is 5.56 Å². The maximum Gasteiger partial charge on any atom is 0.267 e. The van der Waals surface area contributed by atoms with Crippen molar-refractivity contribution in [1.29, 1.82) is 0 Å². The quantitative estimate of drug-likeness (QED) is 0.751. The Balaban J connectivity index is 1.70. The Bertz CT molecular complexity index is 811. The van der Waals surface area contributed by atoms with Crippen molar-refractivity contribution >= 4 is 29.0 Å². The number of rotatable bonds is 1. The van der Waals surface area contributed by atoms with Crippen molar-refractivity contribution in [1.82, 2.24) is 14.5 Å². The normalized spacial score (nSPS) is 19.9. The first-order chi connectivity index (χ1) is 10.7. The minimum Gasteiger partial charge on any atom is -0.331 e. The second kappa shape index (κ2) is 5.24. The minimum atomic E-state index is -0.205. The fraction of sp³-hybridized carbons (Fsp3) is 0.400. The van der Waals surface area contributed by atoms with E-state index < -0.39 is 0 Å². The number of thiophene rings is 1. The number of amides is 1. The molecule has 5 nitrogen and oxygen atoms in total. The Morgan fingerprint density at radius 2 is 2.27 bits per heavy atom. The van der Waals surface area contributed by atoms with Crippen molar-refractivity contribution in [2.24, 2.45) is 0 Å². The van der Waals surface area contributed by atoms with Crippen molar-refractivity contribution in [2.75, 3.05) is 12.3 Å². The fourth-order valence-electron chi connectivity index (χ4n) is 3.11. The second-order valence-corrected chi connectivity index (χ2v) is 7.55. The van der Waals surface area contributed by atoms with Gasteiger partial charge in [0, 0.05) is 29.9 Å². The van der Waals surface area contributed by atoms with Gasteiger partial charge in [0.05, 0.1) is 6.04 Å². The van der Waals surface area contributed by atoms with Gasteiger partial charge in [-0.15, -0.1) is 11.3 Å². The topological polar surface area (TPSA) is 55.2 Å². The highest BCUT2D eigenvalue weighted by molar-refractivity contribution is 7.99. The SMILES string of the molecule is CC1c2ccsc2CCN1C(=O)c1cnc2n(c1=O)CCS2. The van der Waals surface area contributed by atoms with E-state index in [1.54, 1.807) is 32.6 Å². The molecule has 2 aliphatic heterocycles. The van der Waals surface area contributed by atoms with Crippen LogP contribution in [0.15, 0.2) is 27.6 Å². The first kappa shape index (κ1) is 14.0. The summed E-state index contributed by atoms with van der Waals surface area (Å²) in [5.41, 5.74) is 1.19. The highest BCUT2D eigenvalue weighted by atomic mass is 32.2. The molecule has 0 radical (unpaired) electrons. The van der Waals surface area contributed by atoms with E-state index in [9.17, 15) is 9.59 Å². The summed E-state index contributed by atoms with van der Waals surface area (Å²) in [4.78, 5) is 32.8. The lowest BCUT2D eigenvalue weighted by Crippen LogP contribution is -2.41. The van der Waals surface area contributed by atoms with Crippen molar-refractivity contribution in [2.45, 2.75) is 31.1 Å². The van der Waals surface area contributed by atoms with Gasteiger partial charge in [-0.2, -0.15) is 0 Å². The zero-order valence-corrected chi connectivity index (χ0v) is 13.7. The molecule has 0 aliphatic carbocycles. The van der Waals surface area contributed by atoms with Crippen LogP contribution in [0.2, 0.25) is 0 Å². The van der Waals surface area contributed by atoms with Crippen LogP contribution in [0.4, 0.5) is 0 Å². The number of carbonyl (C=O) groups excluding carboxylic acids is 1. The molecule has 0 bridgehead atoms. The molecule has 4 heterocycles. The van der Waals surface area contributed by atoms with Gasteiger partial charge in [-0.1, -0.05) is 11.8 Å². The van der Waals surface area contributed by atoms with Gasteiger partial charge in [-0.05, 0) is 30.4 Å². The average molecular weight is 333 g/mol. The van der Waals surface area contributed by atoms with E-state index in [4.69, 9.17) is 0 Å². The van der Waals surface area contributed by atoms with Crippen LogP contribution in [0.1, 0.15) is 33.8 Å². The number of nitrogens with zero attached hydrogens (tertiary/aromatic N) is 3. The molecule has 7 heteroatoms. The van der Waals surface area contributed by atoms with Gasteiger partial charge in [0.15, 0.2) is 5.16 Å². The molecule has 0 spiro atoms. The summed E-state index contributed by atoms with van der Waals surface area (Å²) in [6.45, 7) is 3.32. The molecule has 1 atom stereocenters. The van der Waals surface area contributed by atoms with Gasteiger partial charge in [-0.25, -0.2) is 4.98 Å². The Kier molecular flexibility index (Phi) is 3.34. The number of aromatic nitrogens is 2. The summed E-state index contributed by atoms with van der Waals surface area (Å²) in [6.07, 6.45) is 2.31. The third-order valence-corrected chi connectivity index (χ3v) is 6.29. The van der Waals surface area contributed by atoms with Crippen LogP contribution in [0, 0.1) is 0 Å². The average Bonchev–Trinajstić information content (AvgIpc) is 3.16. The molecule has 0 saturated carbocycles. The third-order valence-electron chi connectivity index (χ3n) is 4.33. The lowest BCUT2D eigenvalue weighted by Gasteiger charge is -2.33. The van der Waals surface area contributed by atoms with E-state index in [1.807, 2.05) is 6.92 Å². The van der Waals surface area contributed by atoms with Crippen LogP contribution in [-0.4, -0.2) is 32.7 Å². The van der Waals surface area contributed by atoms with E-state index in [0.29, 0.717) is 18.2 Å². The maximum atomic E-state index is 12.8. The Hall–Kier alpha value is -1.60. The molecular formula is C15H15N3O2S2. The molecule has 0 fully saturated rings. The first-order valence-corrected chi connectivity index (χ1v) is 9.13. The summed E-state index contributed by atoms with van der Waals surface area (Å²) in [5, 5.41) is 2.78. The summed E-state index contributed by atoms with van der Waals surface area (Å²) < 4.78 is 1.61. The fourth-order valence-corrected chi connectivity index (χ4v) is 4.98. The van der Waals surface area contributed by atoms with Crippen LogP contribution in [0.5, 0.6) is 0 Å². The van der Waals surface area contributed by atoms with E-state index in [2.05, 4.69) is 16.4 Å². The van der Waals surface area contributed by atoms with Crippen molar-refractivity contribution in [3.63, 3.8) is 0 Å².